The maximum atomic E-state index is 10.4. The molecule has 0 bridgehead atoms. The molecule has 0 amide bonds. The first-order chi connectivity index (χ1) is 9.01. The van der Waals surface area contributed by atoms with Gasteiger partial charge < -0.3 is 10.2 Å². The summed E-state index contributed by atoms with van der Waals surface area (Å²) in [6.07, 6.45) is 1.43. The summed E-state index contributed by atoms with van der Waals surface area (Å²) in [5.41, 5.74) is 0. The Kier molecular flexibility index (Phi) is 7.38. The van der Waals surface area contributed by atoms with Crippen LogP contribution in [0.5, 0.6) is 0 Å². The largest absolute Gasteiger partial charge is 0.446 e. The van der Waals surface area contributed by atoms with Crippen molar-refractivity contribution in [2.45, 2.75) is 38.3 Å². The molecule has 112 valence electrons. The number of aldehydes is 1. The second-order valence-corrected chi connectivity index (χ2v) is 5.21. The molecule has 0 aromatic carbocycles. The molecule has 0 spiro atoms. The van der Waals surface area contributed by atoms with Crippen LogP contribution in [0.15, 0.2) is 0 Å². The topological polar surface area (TPSA) is 32.3 Å². The monoisotopic (exact) mass is 280 g/mol. The first kappa shape index (κ1) is 16.4. The zero-order chi connectivity index (χ0) is 14.1. The Morgan fingerprint density at radius 1 is 1.11 bits per heavy atom. The summed E-state index contributed by atoms with van der Waals surface area (Å²) in [6.45, 7) is 6.60. The van der Waals surface area contributed by atoms with Crippen LogP contribution in [0, 0.1) is 5.92 Å². The number of carbonyl (C=O) groups excluding carboxylic acids is 1. The number of nitrogens with one attached hydrogen (secondary N) is 1. The van der Waals surface area contributed by atoms with E-state index in [1.54, 1.807) is 0 Å². The molecule has 2 heterocycles. The van der Waals surface area contributed by atoms with Crippen LogP contribution in [0.3, 0.4) is 0 Å². The van der Waals surface area contributed by atoms with E-state index in [-0.39, 0.29) is 0 Å². The predicted molar refractivity (Wildman–Crippen MR) is 68.0 cm³/mol. The van der Waals surface area contributed by atoms with Crippen LogP contribution in [0.1, 0.15) is 32.1 Å². The predicted octanol–water partition coefficient (Wildman–Crippen LogP) is 2.22. The Bertz CT molecular complexity index is 231. The summed E-state index contributed by atoms with van der Waals surface area (Å²) in [6, 6.07) is 0. The highest BCUT2D eigenvalue weighted by Crippen LogP contribution is 2.16. The van der Waals surface area contributed by atoms with Gasteiger partial charge in [-0.2, -0.15) is 13.2 Å². The molecule has 0 aliphatic carbocycles. The molecule has 0 radical (unpaired) electrons. The standard InChI is InChI=1S/C11H22N2.C2HF3O/c1-2-8-13(9-3-1)10-11-4-6-12-7-5-11;3-2(4,5)1-6/h11-12H,1-10H2;1H. The minimum absolute atomic E-state index is 0.986. The van der Waals surface area contributed by atoms with Crippen LogP contribution in [-0.4, -0.2) is 50.1 Å². The highest BCUT2D eigenvalue weighted by Gasteiger charge is 2.24. The molecule has 2 fully saturated rings. The third-order valence-electron chi connectivity index (χ3n) is 3.56. The van der Waals surface area contributed by atoms with Crippen molar-refractivity contribution in [2.24, 2.45) is 5.92 Å². The quantitative estimate of drug-likeness (QED) is 0.787. The van der Waals surface area contributed by atoms with Crippen molar-refractivity contribution in [3.63, 3.8) is 0 Å². The van der Waals surface area contributed by atoms with Crippen molar-refractivity contribution in [2.75, 3.05) is 32.7 Å². The summed E-state index contributed by atoms with van der Waals surface area (Å²) >= 11 is 0. The van der Waals surface area contributed by atoms with Gasteiger partial charge in [-0.25, -0.2) is 0 Å². The van der Waals surface area contributed by atoms with E-state index in [1.165, 1.54) is 64.8 Å². The second-order valence-electron chi connectivity index (χ2n) is 5.21. The van der Waals surface area contributed by atoms with Crippen molar-refractivity contribution < 1.29 is 18.0 Å². The van der Waals surface area contributed by atoms with E-state index in [4.69, 9.17) is 4.79 Å². The lowest BCUT2D eigenvalue weighted by molar-refractivity contribution is -0.156. The summed E-state index contributed by atoms with van der Waals surface area (Å²) in [4.78, 5) is 11.4. The van der Waals surface area contributed by atoms with Gasteiger partial charge in [-0.1, -0.05) is 6.42 Å². The van der Waals surface area contributed by atoms with E-state index in [0.29, 0.717) is 0 Å². The van der Waals surface area contributed by atoms with Crippen LogP contribution in [0.25, 0.3) is 0 Å². The fourth-order valence-corrected chi connectivity index (χ4v) is 2.57. The van der Waals surface area contributed by atoms with Crippen LogP contribution < -0.4 is 5.32 Å². The van der Waals surface area contributed by atoms with E-state index >= 15 is 0 Å². The van der Waals surface area contributed by atoms with Crippen molar-refractivity contribution in [3.8, 4) is 0 Å². The maximum absolute atomic E-state index is 10.4. The van der Waals surface area contributed by atoms with Crippen LogP contribution in [0.2, 0.25) is 0 Å². The normalized spacial score (nSPS) is 22.5. The van der Waals surface area contributed by atoms with Gasteiger partial charge in [0.1, 0.15) is 0 Å². The lowest BCUT2D eigenvalue weighted by atomic mass is 9.96. The van der Waals surface area contributed by atoms with Gasteiger partial charge in [-0.05, 0) is 57.8 Å². The van der Waals surface area contributed by atoms with E-state index in [2.05, 4.69) is 10.2 Å². The summed E-state index contributed by atoms with van der Waals surface area (Å²) < 4.78 is 31.2. The van der Waals surface area contributed by atoms with Crippen molar-refractivity contribution >= 4 is 6.29 Å². The Labute approximate surface area is 112 Å². The molecule has 6 heteroatoms. The third-order valence-corrected chi connectivity index (χ3v) is 3.56. The number of likely N-dealkylation sites (tertiary alicyclic amines) is 1. The smallest absolute Gasteiger partial charge is 0.317 e. The Morgan fingerprint density at radius 3 is 2.11 bits per heavy atom. The first-order valence-corrected chi connectivity index (χ1v) is 6.97. The van der Waals surface area contributed by atoms with Gasteiger partial charge in [0, 0.05) is 6.54 Å². The van der Waals surface area contributed by atoms with E-state index in [0.717, 1.165) is 5.92 Å². The zero-order valence-corrected chi connectivity index (χ0v) is 11.2. The molecule has 1 N–H and O–H groups in total. The molecule has 2 rings (SSSR count). The Balaban J connectivity index is 0.000000258. The van der Waals surface area contributed by atoms with Crippen LogP contribution >= 0.6 is 0 Å². The molecule has 0 aromatic heterocycles. The molecule has 3 nitrogen and oxygen atoms in total. The average molecular weight is 280 g/mol. The Hall–Kier alpha value is -0.620. The summed E-state index contributed by atoms with van der Waals surface area (Å²) in [5.74, 6) is 0.986. The number of hydrogen-bond donors (Lipinski definition) is 1. The highest BCUT2D eigenvalue weighted by atomic mass is 19.4. The number of halogens is 3. The highest BCUT2D eigenvalue weighted by molar-refractivity contribution is 5.56. The average Bonchev–Trinajstić information content (AvgIpc) is 2.41. The van der Waals surface area contributed by atoms with Gasteiger partial charge in [0.05, 0.1) is 0 Å². The number of nitrogens with zero attached hydrogens (tertiary/aromatic N) is 1. The summed E-state index contributed by atoms with van der Waals surface area (Å²) in [5, 5.41) is 3.43. The van der Waals surface area contributed by atoms with Gasteiger partial charge in [0.25, 0.3) is 0 Å². The van der Waals surface area contributed by atoms with Gasteiger partial charge in [-0.3, -0.25) is 4.79 Å². The fraction of sp³-hybridized carbons (Fsp3) is 0.923. The molecule has 19 heavy (non-hydrogen) atoms. The van der Waals surface area contributed by atoms with E-state index in [1.807, 2.05) is 0 Å². The first-order valence-electron chi connectivity index (χ1n) is 6.97. The van der Waals surface area contributed by atoms with Gasteiger partial charge in [0.15, 0.2) is 0 Å². The molecule has 2 saturated heterocycles. The number of alkyl halides is 3. The fourth-order valence-electron chi connectivity index (χ4n) is 2.57. The minimum atomic E-state index is -4.64. The maximum Gasteiger partial charge on any atom is 0.446 e. The molecule has 0 aromatic rings. The van der Waals surface area contributed by atoms with E-state index in [9.17, 15) is 13.2 Å². The lowest BCUT2D eigenvalue weighted by Gasteiger charge is -2.32. The molecule has 0 atom stereocenters. The van der Waals surface area contributed by atoms with Gasteiger partial charge in [0.2, 0.25) is 6.29 Å². The SMILES string of the molecule is C1CCN(CC2CCNCC2)CC1.O=CC(F)(F)F. The van der Waals surface area contributed by atoms with Crippen molar-refractivity contribution in [1.82, 2.24) is 10.2 Å². The number of hydrogen-bond acceptors (Lipinski definition) is 3. The number of carbonyl (C=O) groups is 1. The van der Waals surface area contributed by atoms with Crippen LogP contribution in [-0.2, 0) is 4.79 Å². The van der Waals surface area contributed by atoms with Gasteiger partial charge in [-0.15, -0.1) is 0 Å². The van der Waals surface area contributed by atoms with Crippen molar-refractivity contribution in [1.29, 1.82) is 0 Å². The van der Waals surface area contributed by atoms with Gasteiger partial charge >= 0.3 is 6.18 Å². The molecular formula is C13H23F3N2O. The van der Waals surface area contributed by atoms with E-state index < -0.39 is 12.5 Å². The lowest BCUT2D eigenvalue weighted by Crippen LogP contribution is -2.38. The number of piperidine rings is 2. The molecule has 2 aliphatic heterocycles. The third kappa shape index (κ3) is 8.21. The van der Waals surface area contributed by atoms with Crippen LogP contribution in [0.4, 0.5) is 13.2 Å². The summed E-state index contributed by atoms with van der Waals surface area (Å²) in [7, 11) is 0. The Morgan fingerprint density at radius 2 is 1.63 bits per heavy atom. The minimum Gasteiger partial charge on any atom is -0.317 e. The molecule has 0 saturated carbocycles. The number of rotatable bonds is 2. The molecule has 0 unspecified atom stereocenters. The molecule has 2 aliphatic rings. The second kappa shape index (κ2) is 8.53. The van der Waals surface area contributed by atoms with Crippen molar-refractivity contribution in [3.05, 3.63) is 0 Å². The zero-order valence-electron chi connectivity index (χ0n) is 11.2. The molecular weight excluding hydrogens is 257 g/mol.